The molecule has 0 atom stereocenters. The lowest BCUT2D eigenvalue weighted by molar-refractivity contribution is 0.886. The van der Waals surface area contributed by atoms with Crippen molar-refractivity contribution in [3.63, 3.8) is 0 Å². The molecule has 2 aromatic rings. The van der Waals surface area contributed by atoms with Crippen LogP contribution in [0.25, 0.3) is 0 Å². The average Bonchev–Trinajstić information content (AvgIpc) is 2.74. The minimum atomic E-state index is 0.486. The van der Waals surface area contributed by atoms with Gasteiger partial charge in [0.2, 0.25) is 0 Å². The number of rotatable bonds is 4. The lowest BCUT2D eigenvalue weighted by Crippen LogP contribution is -2.19. The first-order valence-corrected chi connectivity index (χ1v) is 7.85. The van der Waals surface area contributed by atoms with Crippen LogP contribution < -0.4 is 10.6 Å². The molecule has 18 heavy (non-hydrogen) atoms. The third-order valence-electron chi connectivity index (χ3n) is 2.51. The van der Waals surface area contributed by atoms with Gasteiger partial charge >= 0.3 is 0 Å². The molecule has 0 aliphatic carbocycles. The van der Waals surface area contributed by atoms with Gasteiger partial charge in [0.1, 0.15) is 5.82 Å². The second-order valence-electron chi connectivity index (χ2n) is 3.93. The maximum atomic E-state index is 5.76. The highest BCUT2D eigenvalue weighted by Crippen LogP contribution is 2.25. The van der Waals surface area contributed by atoms with E-state index >= 15 is 0 Å². The largest absolute Gasteiger partial charge is 0.354 e. The molecule has 2 aromatic heterocycles. The molecule has 2 heterocycles. The van der Waals surface area contributed by atoms with E-state index in [2.05, 4.69) is 53.2 Å². The van der Waals surface area contributed by atoms with Gasteiger partial charge in [0, 0.05) is 44.6 Å². The van der Waals surface area contributed by atoms with E-state index in [1.54, 1.807) is 17.5 Å². The van der Waals surface area contributed by atoms with E-state index in [-0.39, 0.29) is 0 Å². The summed E-state index contributed by atoms with van der Waals surface area (Å²) in [4.78, 5) is 7.85. The maximum Gasteiger partial charge on any atom is 0.133 e. The Bertz CT molecular complexity index is 542. The molecule has 0 saturated heterocycles. The summed E-state index contributed by atoms with van der Waals surface area (Å²) in [6, 6.07) is 4.14. The van der Waals surface area contributed by atoms with Gasteiger partial charge in [-0.3, -0.25) is 0 Å². The van der Waals surface area contributed by atoms with Crippen LogP contribution in [0.1, 0.15) is 10.4 Å². The van der Waals surface area contributed by atoms with Crippen molar-refractivity contribution in [3.8, 4) is 0 Å². The molecule has 0 aromatic carbocycles. The highest BCUT2D eigenvalue weighted by atomic mass is 79.9. The predicted octanol–water partition coefficient (Wildman–Crippen LogP) is 3.76. The van der Waals surface area contributed by atoms with Gasteiger partial charge < -0.3 is 10.6 Å². The van der Waals surface area contributed by atoms with Crippen molar-refractivity contribution in [3.05, 3.63) is 43.1 Å². The Labute approximate surface area is 127 Å². The van der Waals surface area contributed by atoms with Crippen LogP contribution >= 0.6 is 43.2 Å². The third kappa shape index (κ3) is 3.32. The maximum absolute atomic E-state index is 5.76. The summed E-state index contributed by atoms with van der Waals surface area (Å²) in [5, 5.41) is 2.09. The third-order valence-corrected chi connectivity index (χ3v) is 4.62. The monoisotopic (exact) mass is 389 g/mol. The summed E-state index contributed by atoms with van der Waals surface area (Å²) in [5.41, 5.74) is 6.81. The molecule has 0 amide bonds. The normalized spacial score (nSPS) is 10.7. The average molecular weight is 391 g/mol. The minimum Gasteiger partial charge on any atom is -0.354 e. The van der Waals surface area contributed by atoms with Crippen molar-refractivity contribution >= 4 is 49.0 Å². The van der Waals surface area contributed by atoms with Crippen molar-refractivity contribution in [2.45, 2.75) is 13.1 Å². The van der Waals surface area contributed by atoms with Gasteiger partial charge in [-0.05, 0) is 44.0 Å². The zero-order valence-corrected chi connectivity index (χ0v) is 13.8. The smallest absolute Gasteiger partial charge is 0.133 e. The van der Waals surface area contributed by atoms with Crippen LogP contribution in [0, 0.1) is 0 Å². The van der Waals surface area contributed by atoms with Gasteiger partial charge in [-0.25, -0.2) is 4.98 Å². The standard InChI is InChI=1S/C12H13Br2N3S/c1-17(6-11-3-10(14)7-18-11)12-8(4-15)2-9(13)5-16-12/h2-3,5,7H,4,6,15H2,1H3. The fourth-order valence-electron chi connectivity index (χ4n) is 1.71. The van der Waals surface area contributed by atoms with Crippen LogP contribution in [-0.4, -0.2) is 12.0 Å². The molecule has 0 fully saturated rings. The Balaban J connectivity index is 2.20. The minimum absolute atomic E-state index is 0.486. The molecule has 0 saturated carbocycles. The van der Waals surface area contributed by atoms with Gasteiger partial charge in [-0.1, -0.05) is 0 Å². The molecule has 0 bridgehead atoms. The van der Waals surface area contributed by atoms with Crippen molar-refractivity contribution < 1.29 is 0 Å². The first-order chi connectivity index (χ1) is 8.60. The topological polar surface area (TPSA) is 42.2 Å². The quantitative estimate of drug-likeness (QED) is 0.863. The number of hydrogen-bond acceptors (Lipinski definition) is 4. The summed E-state index contributed by atoms with van der Waals surface area (Å²) in [5.74, 6) is 0.935. The Kier molecular flexibility index (Phi) is 4.77. The van der Waals surface area contributed by atoms with Gasteiger partial charge in [0.25, 0.3) is 0 Å². The van der Waals surface area contributed by atoms with Crippen molar-refractivity contribution in [1.29, 1.82) is 0 Å². The zero-order chi connectivity index (χ0) is 13.1. The molecule has 0 unspecified atom stereocenters. The van der Waals surface area contributed by atoms with Gasteiger partial charge in [-0.15, -0.1) is 11.3 Å². The van der Waals surface area contributed by atoms with Crippen LogP contribution in [0.2, 0.25) is 0 Å². The zero-order valence-electron chi connectivity index (χ0n) is 9.86. The van der Waals surface area contributed by atoms with Gasteiger partial charge in [0.05, 0.1) is 6.54 Å². The number of anilines is 1. The summed E-state index contributed by atoms with van der Waals surface area (Å²) in [6.45, 7) is 1.32. The van der Waals surface area contributed by atoms with E-state index in [4.69, 9.17) is 5.73 Å². The Hall–Kier alpha value is -0.430. The summed E-state index contributed by atoms with van der Waals surface area (Å²) < 4.78 is 2.08. The SMILES string of the molecule is CN(Cc1cc(Br)cs1)c1ncc(Br)cc1CN. The first-order valence-electron chi connectivity index (χ1n) is 5.38. The van der Waals surface area contributed by atoms with E-state index < -0.39 is 0 Å². The molecule has 6 heteroatoms. The Morgan fingerprint density at radius 2 is 2.11 bits per heavy atom. The van der Waals surface area contributed by atoms with E-state index in [9.17, 15) is 0 Å². The fourth-order valence-corrected chi connectivity index (χ4v) is 3.60. The van der Waals surface area contributed by atoms with Crippen molar-refractivity contribution in [2.75, 3.05) is 11.9 Å². The fraction of sp³-hybridized carbons (Fsp3) is 0.250. The van der Waals surface area contributed by atoms with E-state index in [1.807, 2.05) is 13.1 Å². The number of nitrogens with two attached hydrogens (primary N) is 1. The molecule has 3 nitrogen and oxygen atoms in total. The first kappa shape index (κ1) is 14.0. The van der Waals surface area contributed by atoms with Gasteiger partial charge in [0.15, 0.2) is 0 Å². The molecular formula is C12H13Br2N3S. The number of nitrogens with zero attached hydrogens (tertiary/aromatic N) is 2. The lowest BCUT2D eigenvalue weighted by Gasteiger charge is -2.20. The van der Waals surface area contributed by atoms with E-state index in [1.165, 1.54) is 4.88 Å². The van der Waals surface area contributed by atoms with Crippen LogP contribution in [0.4, 0.5) is 5.82 Å². The molecule has 0 aliphatic heterocycles. The molecular weight excluding hydrogens is 378 g/mol. The van der Waals surface area contributed by atoms with E-state index in [0.717, 1.165) is 26.9 Å². The van der Waals surface area contributed by atoms with Crippen LogP contribution in [0.5, 0.6) is 0 Å². The summed E-state index contributed by atoms with van der Waals surface area (Å²) >= 11 is 8.61. The summed E-state index contributed by atoms with van der Waals surface area (Å²) in [7, 11) is 2.03. The number of aromatic nitrogens is 1. The summed E-state index contributed by atoms with van der Waals surface area (Å²) in [6.07, 6.45) is 1.80. The highest BCUT2D eigenvalue weighted by molar-refractivity contribution is 9.10. The van der Waals surface area contributed by atoms with Crippen molar-refractivity contribution in [2.24, 2.45) is 5.73 Å². The highest BCUT2D eigenvalue weighted by Gasteiger charge is 2.10. The lowest BCUT2D eigenvalue weighted by atomic mass is 10.2. The Morgan fingerprint density at radius 3 is 2.72 bits per heavy atom. The molecule has 0 aliphatic rings. The second-order valence-corrected chi connectivity index (χ2v) is 6.75. The number of halogens is 2. The molecule has 2 rings (SSSR count). The number of thiophene rings is 1. The van der Waals surface area contributed by atoms with Gasteiger partial charge in [-0.2, -0.15) is 0 Å². The molecule has 0 spiro atoms. The van der Waals surface area contributed by atoms with Crippen molar-refractivity contribution in [1.82, 2.24) is 4.98 Å². The van der Waals surface area contributed by atoms with E-state index in [0.29, 0.717) is 6.54 Å². The molecule has 96 valence electrons. The van der Waals surface area contributed by atoms with Crippen LogP contribution in [0.3, 0.4) is 0 Å². The van der Waals surface area contributed by atoms with Crippen LogP contribution in [0.15, 0.2) is 32.7 Å². The molecule has 0 radical (unpaired) electrons. The molecule has 2 N–H and O–H groups in total. The second kappa shape index (κ2) is 6.14. The number of hydrogen-bond donors (Lipinski definition) is 1. The Morgan fingerprint density at radius 1 is 1.33 bits per heavy atom. The van der Waals surface area contributed by atoms with Crippen LogP contribution in [-0.2, 0) is 13.1 Å². The number of pyridine rings is 1. The predicted molar refractivity (Wildman–Crippen MR) is 84.0 cm³/mol.